The molecule has 0 fully saturated rings. The molecule has 0 unspecified atom stereocenters. The van der Waals surface area contributed by atoms with E-state index in [1.165, 1.54) is 22.2 Å². The van der Waals surface area contributed by atoms with Crippen molar-refractivity contribution in [2.45, 2.75) is 26.8 Å². The number of imidazole rings is 1. The topological polar surface area (TPSA) is 81.3 Å². The van der Waals surface area contributed by atoms with Crippen LogP contribution >= 0.6 is 11.3 Å². The van der Waals surface area contributed by atoms with Gasteiger partial charge in [-0.3, -0.25) is 18.6 Å². The number of carbonyl (C=O) groups is 1. The Kier molecular flexibility index (Phi) is 4.24. The van der Waals surface area contributed by atoms with Gasteiger partial charge in [-0.2, -0.15) is 0 Å². The zero-order chi connectivity index (χ0) is 16.4. The fourth-order valence-electron chi connectivity index (χ4n) is 2.24. The molecule has 120 valence electrons. The molecule has 0 bridgehead atoms. The van der Waals surface area contributed by atoms with E-state index in [0.717, 1.165) is 16.3 Å². The van der Waals surface area contributed by atoms with Gasteiger partial charge in [-0.05, 0) is 13.8 Å². The largest absolute Gasteiger partial charge is 0.354 e. The van der Waals surface area contributed by atoms with E-state index in [0.29, 0.717) is 18.7 Å². The Labute approximate surface area is 136 Å². The molecule has 23 heavy (non-hydrogen) atoms. The van der Waals surface area contributed by atoms with Crippen molar-refractivity contribution in [1.82, 2.24) is 24.3 Å². The van der Waals surface area contributed by atoms with Crippen LogP contribution in [0.25, 0.3) is 4.96 Å². The molecule has 7 nitrogen and oxygen atoms in total. The number of hydrogen-bond donors (Lipinski definition) is 1. The Morgan fingerprint density at radius 2 is 2.22 bits per heavy atom. The third-order valence-electron chi connectivity index (χ3n) is 3.67. The second kappa shape index (κ2) is 6.33. The van der Waals surface area contributed by atoms with E-state index < -0.39 is 0 Å². The molecule has 1 N–H and O–H groups in total. The Morgan fingerprint density at radius 1 is 1.39 bits per heavy atom. The van der Waals surface area contributed by atoms with E-state index in [1.54, 1.807) is 13.8 Å². The first-order valence-corrected chi connectivity index (χ1v) is 8.13. The molecule has 0 spiro atoms. The minimum Gasteiger partial charge on any atom is -0.354 e. The van der Waals surface area contributed by atoms with Crippen molar-refractivity contribution in [1.29, 1.82) is 0 Å². The number of rotatable bonds is 5. The Balaban J connectivity index is 1.54. The lowest BCUT2D eigenvalue weighted by Gasteiger charge is -2.08. The molecule has 0 atom stereocenters. The fraction of sp³-hybridized carbons (Fsp3) is 0.333. The highest BCUT2D eigenvalue weighted by Crippen LogP contribution is 2.11. The van der Waals surface area contributed by atoms with Gasteiger partial charge in [-0.1, -0.05) is 0 Å². The van der Waals surface area contributed by atoms with Crippen molar-refractivity contribution in [2.24, 2.45) is 0 Å². The van der Waals surface area contributed by atoms with Crippen LogP contribution in [-0.2, 0) is 17.8 Å². The second-order valence-electron chi connectivity index (χ2n) is 5.31. The number of aromatic nitrogens is 4. The minimum absolute atomic E-state index is 0.0684. The van der Waals surface area contributed by atoms with Crippen LogP contribution in [0, 0.1) is 13.8 Å². The first-order valence-electron chi connectivity index (χ1n) is 7.25. The summed E-state index contributed by atoms with van der Waals surface area (Å²) in [6, 6.07) is 0. The van der Waals surface area contributed by atoms with E-state index in [1.807, 2.05) is 22.2 Å². The van der Waals surface area contributed by atoms with E-state index in [-0.39, 0.29) is 17.9 Å². The lowest BCUT2D eigenvalue weighted by atomic mass is 10.3. The number of hydrogen-bond acceptors (Lipinski definition) is 5. The number of carbonyl (C=O) groups excluding carboxylic acids is 1. The zero-order valence-electron chi connectivity index (χ0n) is 12.9. The number of aryl methyl sites for hydroxylation is 1. The Morgan fingerprint density at radius 3 is 3.00 bits per heavy atom. The third kappa shape index (κ3) is 3.31. The van der Waals surface area contributed by atoms with Gasteiger partial charge in [-0.15, -0.1) is 11.3 Å². The monoisotopic (exact) mass is 331 g/mol. The van der Waals surface area contributed by atoms with E-state index in [4.69, 9.17) is 0 Å². The van der Waals surface area contributed by atoms with Crippen LogP contribution in [-0.4, -0.2) is 31.4 Å². The van der Waals surface area contributed by atoms with Crippen molar-refractivity contribution in [2.75, 3.05) is 6.54 Å². The number of thiazole rings is 1. The number of nitrogens with one attached hydrogen (secondary N) is 1. The summed E-state index contributed by atoms with van der Waals surface area (Å²) in [5.41, 5.74) is 2.03. The minimum atomic E-state index is -0.111. The maximum Gasteiger partial charge on any atom is 0.256 e. The molecule has 1 amide bonds. The van der Waals surface area contributed by atoms with Crippen LogP contribution in [0.1, 0.15) is 17.0 Å². The van der Waals surface area contributed by atoms with Gasteiger partial charge in [0.25, 0.3) is 5.56 Å². The molecule has 3 aromatic heterocycles. The quantitative estimate of drug-likeness (QED) is 0.754. The fourth-order valence-corrected chi connectivity index (χ4v) is 2.96. The van der Waals surface area contributed by atoms with Gasteiger partial charge in [-0.25, -0.2) is 9.97 Å². The van der Waals surface area contributed by atoms with Gasteiger partial charge in [0.1, 0.15) is 0 Å². The SMILES string of the molecule is Cc1ncn(CCNC(=O)Cc2cn3ccsc3n2)c(=O)c1C. The number of nitrogens with zero attached hydrogens (tertiary/aromatic N) is 4. The standard InChI is InChI=1S/C15H17N5O2S/c1-10-11(2)17-9-20(14(10)22)4-3-16-13(21)7-12-8-19-5-6-23-15(19)18-12/h5-6,8-9H,3-4,7H2,1-2H3,(H,16,21). The summed E-state index contributed by atoms with van der Waals surface area (Å²) in [5, 5.41) is 4.75. The van der Waals surface area contributed by atoms with Gasteiger partial charge in [0.05, 0.1) is 18.4 Å². The molecule has 3 heterocycles. The van der Waals surface area contributed by atoms with E-state index in [9.17, 15) is 9.59 Å². The molecule has 0 saturated heterocycles. The van der Waals surface area contributed by atoms with Gasteiger partial charge in [0.2, 0.25) is 5.91 Å². The van der Waals surface area contributed by atoms with Crippen molar-refractivity contribution in [3.63, 3.8) is 0 Å². The predicted octanol–water partition coefficient (Wildman–Crippen LogP) is 0.928. The zero-order valence-corrected chi connectivity index (χ0v) is 13.8. The molecular weight excluding hydrogens is 314 g/mol. The second-order valence-corrected chi connectivity index (χ2v) is 6.18. The molecule has 3 aromatic rings. The van der Waals surface area contributed by atoms with Gasteiger partial charge >= 0.3 is 0 Å². The van der Waals surface area contributed by atoms with Gasteiger partial charge in [0, 0.05) is 42.1 Å². The lowest BCUT2D eigenvalue weighted by molar-refractivity contribution is -0.120. The Hall–Kier alpha value is -2.48. The third-order valence-corrected chi connectivity index (χ3v) is 4.45. The van der Waals surface area contributed by atoms with Crippen LogP contribution in [0.5, 0.6) is 0 Å². The molecule has 0 radical (unpaired) electrons. The molecule has 8 heteroatoms. The lowest BCUT2D eigenvalue weighted by Crippen LogP contribution is -2.32. The summed E-state index contributed by atoms with van der Waals surface area (Å²) in [6.45, 7) is 4.34. The summed E-state index contributed by atoms with van der Waals surface area (Å²) in [5.74, 6) is -0.111. The summed E-state index contributed by atoms with van der Waals surface area (Å²) in [7, 11) is 0. The summed E-state index contributed by atoms with van der Waals surface area (Å²) in [4.78, 5) is 33.4. The smallest absolute Gasteiger partial charge is 0.256 e. The summed E-state index contributed by atoms with van der Waals surface area (Å²) >= 11 is 1.53. The van der Waals surface area contributed by atoms with Crippen molar-refractivity contribution in [3.8, 4) is 0 Å². The normalized spacial score (nSPS) is 11.0. The first-order chi connectivity index (χ1) is 11.0. The summed E-state index contributed by atoms with van der Waals surface area (Å²) in [6.07, 6.45) is 5.51. The van der Waals surface area contributed by atoms with Crippen molar-refractivity contribution in [3.05, 3.63) is 51.4 Å². The molecule has 0 aliphatic heterocycles. The Bertz CT molecular complexity index is 880. The van der Waals surface area contributed by atoms with Gasteiger partial charge < -0.3 is 5.32 Å². The molecule has 3 rings (SSSR count). The average molecular weight is 331 g/mol. The molecular formula is C15H17N5O2S. The molecule has 0 aliphatic carbocycles. The average Bonchev–Trinajstić information content (AvgIpc) is 3.08. The van der Waals surface area contributed by atoms with Crippen molar-refractivity contribution < 1.29 is 4.79 Å². The number of fused-ring (bicyclic) bond motifs is 1. The highest BCUT2D eigenvalue weighted by molar-refractivity contribution is 7.15. The van der Waals surface area contributed by atoms with Gasteiger partial charge in [0.15, 0.2) is 4.96 Å². The predicted molar refractivity (Wildman–Crippen MR) is 87.8 cm³/mol. The number of amides is 1. The van der Waals surface area contributed by atoms with Crippen LogP contribution in [0.3, 0.4) is 0 Å². The highest BCUT2D eigenvalue weighted by atomic mass is 32.1. The van der Waals surface area contributed by atoms with Crippen LogP contribution in [0.15, 0.2) is 28.9 Å². The molecule has 0 aromatic carbocycles. The van der Waals surface area contributed by atoms with Crippen LogP contribution in [0.2, 0.25) is 0 Å². The van der Waals surface area contributed by atoms with E-state index >= 15 is 0 Å². The highest BCUT2D eigenvalue weighted by Gasteiger charge is 2.08. The summed E-state index contributed by atoms with van der Waals surface area (Å²) < 4.78 is 3.41. The molecule has 0 aliphatic rings. The maximum absolute atomic E-state index is 12.0. The molecule has 0 saturated carbocycles. The maximum atomic E-state index is 12.0. The first kappa shape index (κ1) is 15.4. The van der Waals surface area contributed by atoms with E-state index in [2.05, 4.69) is 15.3 Å². The van der Waals surface area contributed by atoms with Crippen LogP contribution < -0.4 is 10.9 Å². The van der Waals surface area contributed by atoms with Crippen molar-refractivity contribution >= 4 is 22.2 Å². The van der Waals surface area contributed by atoms with Crippen LogP contribution in [0.4, 0.5) is 0 Å².